The highest BCUT2D eigenvalue weighted by atomic mass is 32.2. The van der Waals surface area contributed by atoms with Gasteiger partial charge in [0.15, 0.2) is 5.16 Å². The average Bonchev–Trinajstić information content (AvgIpc) is 3.04. The molecule has 2 aromatic rings. The van der Waals surface area contributed by atoms with Crippen molar-refractivity contribution in [2.45, 2.75) is 37.7 Å². The van der Waals surface area contributed by atoms with Gasteiger partial charge in [0, 0.05) is 25.3 Å². The van der Waals surface area contributed by atoms with Gasteiger partial charge in [-0.05, 0) is 31.0 Å². The lowest BCUT2D eigenvalue weighted by Crippen LogP contribution is -2.38. The van der Waals surface area contributed by atoms with Gasteiger partial charge in [-0.2, -0.15) is 0 Å². The van der Waals surface area contributed by atoms with Gasteiger partial charge in [-0.15, -0.1) is 10.2 Å². The standard InChI is InChI=1S/C19H26FN5O2S/c1-13(2)12-25-18(24-7-9-27-10-8-24)22-23-19(25)28-14(3)17(26)21-16-6-4-5-15(20)11-16/h4-6,11,13-14H,7-10,12H2,1-3H3,(H,21,26)/t14-/m1/s1. The van der Waals surface area contributed by atoms with Gasteiger partial charge < -0.3 is 15.0 Å². The van der Waals surface area contributed by atoms with Crippen LogP contribution in [0.15, 0.2) is 29.4 Å². The predicted molar refractivity (Wildman–Crippen MR) is 108 cm³/mol. The van der Waals surface area contributed by atoms with Crippen molar-refractivity contribution in [3.63, 3.8) is 0 Å². The van der Waals surface area contributed by atoms with E-state index in [2.05, 4.69) is 38.8 Å². The van der Waals surface area contributed by atoms with Gasteiger partial charge in [0.25, 0.3) is 0 Å². The minimum atomic E-state index is -0.407. The number of carbonyl (C=O) groups is 1. The van der Waals surface area contributed by atoms with Crippen molar-refractivity contribution in [2.24, 2.45) is 5.92 Å². The minimum absolute atomic E-state index is 0.206. The first-order valence-electron chi connectivity index (χ1n) is 9.43. The van der Waals surface area contributed by atoms with Gasteiger partial charge >= 0.3 is 0 Å². The van der Waals surface area contributed by atoms with Crippen LogP contribution in [-0.4, -0.2) is 52.2 Å². The molecule has 1 atom stereocenters. The number of morpholine rings is 1. The Morgan fingerprint density at radius 2 is 2.04 bits per heavy atom. The van der Waals surface area contributed by atoms with E-state index in [9.17, 15) is 9.18 Å². The van der Waals surface area contributed by atoms with E-state index in [1.165, 1.54) is 23.9 Å². The molecule has 0 bridgehead atoms. The summed E-state index contributed by atoms with van der Waals surface area (Å²) in [5, 5.41) is 11.8. The first-order valence-corrected chi connectivity index (χ1v) is 10.3. The quantitative estimate of drug-likeness (QED) is 0.712. The molecule has 0 spiro atoms. The Kier molecular flexibility index (Phi) is 6.90. The number of halogens is 1. The zero-order chi connectivity index (χ0) is 20.1. The number of rotatable bonds is 7. The van der Waals surface area contributed by atoms with Crippen LogP contribution in [0.3, 0.4) is 0 Å². The van der Waals surface area contributed by atoms with Gasteiger partial charge in [-0.25, -0.2) is 4.39 Å². The number of aromatic nitrogens is 3. The van der Waals surface area contributed by atoms with Crippen LogP contribution in [0.4, 0.5) is 16.0 Å². The maximum absolute atomic E-state index is 13.3. The summed E-state index contributed by atoms with van der Waals surface area (Å²) in [5.74, 6) is 0.636. The highest BCUT2D eigenvalue weighted by Crippen LogP contribution is 2.28. The minimum Gasteiger partial charge on any atom is -0.378 e. The molecule has 1 saturated heterocycles. The topological polar surface area (TPSA) is 72.3 Å². The van der Waals surface area contributed by atoms with Crippen LogP contribution in [0.2, 0.25) is 0 Å². The number of carbonyl (C=O) groups excluding carboxylic acids is 1. The molecule has 1 fully saturated rings. The second-order valence-electron chi connectivity index (χ2n) is 7.15. The number of nitrogens with one attached hydrogen (secondary N) is 1. The molecule has 2 heterocycles. The summed E-state index contributed by atoms with van der Waals surface area (Å²) in [7, 11) is 0. The van der Waals surface area contributed by atoms with Crippen LogP contribution in [0.25, 0.3) is 0 Å². The van der Waals surface area contributed by atoms with Crippen molar-refractivity contribution < 1.29 is 13.9 Å². The second kappa shape index (κ2) is 9.38. The lowest BCUT2D eigenvalue weighted by Gasteiger charge is -2.28. The van der Waals surface area contributed by atoms with Gasteiger partial charge in [-0.1, -0.05) is 31.7 Å². The molecule has 1 aromatic carbocycles. The number of amides is 1. The molecule has 1 aromatic heterocycles. The fraction of sp³-hybridized carbons (Fsp3) is 0.526. The summed E-state index contributed by atoms with van der Waals surface area (Å²) in [6, 6.07) is 5.87. The fourth-order valence-electron chi connectivity index (χ4n) is 2.91. The van der Waals surface area contributed by atoms with Crippen LogP contribution in [0.5, 0.6) is 0 Å². The first-order chi connectivity index (χ1) is 13.4. The zero-order valence-corrected chi connectivity index (χ0v) is 17.2. The highest BCUT2D eigenvalue weighted by molar-refractivity contribution is 8.00. The number of hydrogen-bond donors (Lipinski definition) is 1. The molecular formula is C19H26FN5O2S. The fourth-order valence-corrected chi connectivity index (χ4v) is 3.77. The smallest absolute Gasteiger partial charge is 0.237 e. The van der Waals surface area contributed by atoms with Crippen molar-refractivity contribution >= 4 is 29.3 Å². The third kappa shape index (κ3) is 5.23. The van der Waals surface area contributed by atoms with Crippen LogP contribution in [0.1, 0.15) is 20.8 Å². The molecule has 0 unspecified atom stereocenters. The van der Waals surface area contributed by atoms with E-state index in [0.717, 1.165) is 25.6 Å². The number of benzene rings is 1. The molecule has 1 aliphatic heterocycles. The Hall–Kier alpha value is -2.13. The summed E-state index contributed by atoms with van der Waals surface area (Å²) in [6.07, 6.45) is 0. The normalized spacial score (nSPS) is 15.7. The molecule has 0 radical (unpaired) electrons. The van der Waals surface area contributed by atoms with Gasteiger partial charge in [0.05, 0.1) is 18.5 Å². The average molecular weight is 408 g/mol. The number of nitrogens with zero attached hydrogens (tertiary/aromatic N) is 4. The van der Waals surface area contributed by atoms with Gasteiger partial charge in [0.2, 0.25) is 11.9 Å². The first kappa shape index (κ1) is 20.6. The Balaban J connectivity index is 1.72. The highest BCUT2D eigenvalue weighted by Gasteiger charge is 2.24. The number of anilines is 2. The van der Waals surface area contributed by atoms with Crippen LogP contribution >= 0.6 is 11.8 Å². The molecule has 28 heavy (non-hydrogen) atoms. The summed E-state index contributed by atoms with van der Waals surface area (Å²) in [5.41, 5.74) is 0.440. The maximum atomic E-state index is 13.3. The zero-order valence-electron chi connectivity index (χ0n) is 16.4. The summed E-state index contributed by atoms with van der Waals surface area (Å²) >= 11 is 1.35. The lowest BCUT2D eigenvalue weighted by molar-refractivity contribution is -0.115. The largest absolute Gasteiger partial charge is 0.378 e. The van der Waals surface area contributed by atoms with Crippen molar-refractivity contribution in [1.29, 1.82) is 0 Å². The molecule has 152 valence electrons. The number of hydrogen-bond acceptors (Lipinski definition) is 6. The van der Waals surface area contributed by atoms with Crippen molar-refractivity contribution in [1.82, 2.24) is 14.8 Å². The number of ether oxygens (including phenoxy) is 1. The Morgan fingerprint density at radius 1 is 1.29 bits per heavy atom. The monoisotopic (exact) mass is 407 g/mol. The predicted octanol–water partition coefficient (Wildman–Crippen LogP) is 3.03. The van der Waals surface area contributed by atoms with E-state index in [0.29, 0.717) is 30.0 Å². The maximum Gasteiger partial charge on any atom is 0.237 e. The van der Waals surface area contributed by atoms with Crippen molar-refractivity contribution in [3.05, 3.63) is 30.1 Å². The molecule has 0 saturated carbocycles. The second-order valence-corrected chi connectivity index (χ2v) is 8.45. The SMILES string of the molecule is CC(C)Cn1c(S[C@H](C)C(=O)Nc2cccc(F)c2)nnc1N1CCOCC1. The van der Waals surface area contributed by atoms with E-state index in [1.807, 2.05) is 6.92 Å². The molecule has 0 aliphatic carbocycles. The lowest BCUT2D eigenvalue weighted by atomic mass is 10.2. The Labute approximate surface area is 168 Å². The van der Waals surface area contributed by atoms with Crippen LogP contribution in [-0.2, 0) is 16.1 Å². The Bertz CT molecular complexity index is 807. The molecule has 1 amide bonds. The molecular weight excluding hydrogens is 381 g/mol. The molecule has 9 heteroatoms. The molecule has 1 aliphatic rings. The summed E-state index contributed by atoms with van der Waals surface area (Å²) in [4.78, 5) is 14.7. The summed E-state index contributed by atoms with van der Waals surface area (Å²) in [6.45, 7) is 9.73. The molecule has 3 rings (SSSR count). The Morgan fingerprint density at radius 3 is 2.71 bits per heavy atom. The van der Waals surface area contributed by atoms with Crippen molar-refractivity contribution in [3.8, 4) is 0 Å². The molecule has 1 N–H and O–H groups in total. The third-order valence-electron chi connectivity index (χ3n) is 4.28. The third-order valence-corrected chi connectivity index (χ3v) is 5.36. The van der Waals surface area contributed by atoms with E-state index < -0.39 is 5.25 Å². The van der Waals surface area contributed by atoms with Gasteiger partial charge in [-0.3, -0.25) is 9.36 Å². The molecule has 7 nitrogen and oxygen atoms in total. The van der Waals surface area contributed by atoms with E-state index >= 15 is 0 Å². The summed E-state index contributed by atoms with van der Waals surface area (Å²) < 4.78 is 20.8. The van der Waals surface area contributed by atoms with Gasteiger partial charge in [0.1, 0.15) is 5.82 Å². The van der Waals surface area contributed by atoms with E-state index in [-0.39, 0.29) is 11.7 Å². The van der Waals surface area contributed by atoms with Crippen molar-refractivity contribution in [2.75, 3.05) is 36.5 Å². The van der Waals surface area contributed by atoms with Crippen LogP contribution < -0.4 is 10.2 Å². The van der Waals surface area contributed by atoms with Crippen LogP contribution in [0, 0.1) is 11.7 Å². The van der Waals surface area contributed by atoms with E-state index in [4.69, 9.17) is 4.74 Å². The number of thioether (sulfide) groups is 1. The van der Waals surface area contributed by atoms with E-state index in [1.54, 1.807) is 12.1 Å².